The Kier molecular flexibility index (Phi) is 7.84. The Balaban J connectivity index is 2.00. The van der Waals surface area contributed by atoms with Gasteiger partial charge in [-0.1, -0.05) is 24.3 Å². The predicted octanol–water partition coefficient (Wildman–Crippen LogP) is 2.73. The number of carbonyl (C=O) groups is 3. The first-order valence-corrected chi connectivity index (χ1v) is 12.2. The Labute approximate surface area is 208 Å². The Morgan fingerprint density at radius 1 is 1.14 bits per heavy atom. The van der Waals surface area contributed by atoms with Gasteiger partial charge >= 0.3 is 0 Å². The predicted molar refractivity (Wildman–Crippen MR) is 136 cm³/mol. The standard InChI is InChI=1S/C27H39N5O3/c1-18(2)32(17-22-20(4)28-30(8)21(22)5)25(34)16-27(23-12-10-9-11-19(23)3)15-24(33)31(26(27)35)14-13-29(6)7/h9-12,18H,13-17H2,1-8H3/t27-/m0/s1. The summed E-state index contributed by atoms with van der Waals surface area (Å²) in [6, 6.07) is 7.53. The second-order valence-electron chi connectivity index (χ2n) is 10.3. The lowest BCUT2D eigenvalue weighted by Crippen LogP contribution is -2.46. The molecule has 0 aliphatic carbocycles. The zero-order valence-electron chi connectivity index (χ0n) is 22.4. The van der Waals surface area contributed by atoms with E-state index in [0.29, 0.717) is 19.6 Å². The average Bonchev–Trinajstić information content (AvgIpc) is 3.15. The van der Waals surface area contributed by atoms with E-state index < -0.39 is 5.41 Å². The number of nitrogens with zero attached hydrogens (tertiary/aromatic N) is 5. The van der Waals surface area contributed by atoms with Gasteiger partial charge in [0, 0.05) is 56.8 Å². The number of imide groups is 1. The van der Waals surface area contributed by atoms with Crippen LogP contribution < -0.4 is 0 Å². The molecule has 8 heteroatoms. The Morgan fingerprint density at radius 2 is 1.80 bits per heavy atom. The maximum atomic E-state index is 13.9. The van der Waals surface area contributed by atoms with E-state index in [1.165, 1.54) is 4.90 Å². The zero-order chi connectivity index (χ0) is 26.1. The molecule has 1 aromatic carbocycles. The summed E-state index contributed by atoms with van der Waals surface area (Å²) in [5.74, 6) is -0.631. The molecule has 0 bridgehead atoms. The molecule has 3 rings (SSSR count). The molecule has 0 spiro atoms. The van der Waals surface area contributed by atoms with Gasteiger partial charge in [0.15, 0.2) is 0 Å². The number of hydrogen-bond acceptors (Lipinski definition) is 5. The van der Waals surface area contributed by atoms with Gasteiger partial charge in [0.1, 0.15) is 0 Å². The third kappa shape index (κ3) is 5.17. The first kappa shape index (κ1) is 26.6. The number of hydrogen-bond donors (Lipinski definition) is 0. The van der Waals surface area contributed by atoms with Gasteiger partial charge in [-0.25, -0.2) is 0 Å². The first-order chi connectivity index (χ1) is 16.4. The van der Waals surface area contributed by atoms with Crippen molar-refractivity contribution in [1.29, 1.82) is 0 Å². The lowest BCUT2D eigenvalue weighted by Gasteiger charge is -2.33. The second kappa shape index (κ2) is 10.3. The molecular formula is C27H39N5O3. The van der Waals surface area contributed by atoms with Crippen LogP contribution in [0, 0.1) is 20.8 Å². The van der Waals surface area contributed by atoms with Gasteiger partial charge in [-0.2, -0.15) is 5.10 Å². The van der Waals surface area contributed by atoms with Crippen LogP contribution in [-0.2, 0) is 33.4 Å². The van der Waals surface area contributed by atoms with E-state index in [-0.39, 0.29) is 36.6 Å². The van der Waals surface area contributed by atoms with Crippen molar-refractivity contribution >= 4 is 17.7 Å². The molecule has 190 valence electrons. The van der Waals surface area contributed by atoms with Gasteiger partial charge in [-0.3, -0.25) is 24.0 Å². The van der Waals surface area contributed by atoms with Crippen molar-refractivity contribution in [1.82, 2.24) is 24.5 Å². The molecular weight excluding hydrogens is 442 g/mol. The normalized spacial score (nSPS) is 18.3. The quantitative estimate of drug-likeness (QED) is 0.515. The van der Waals surface area contributed by atoms with Crippen LogP contribution in [0.2, 0.25) is 0 Å². The van der Waals surface area contributed by atoms with Crippen LogP contribution in [0.1, 0.15) is 54.8 Å². The summed E-state index contributed by atoms with van der Waals surface area (Å²) < 4.78 is 1.82. The fourth-order valence-corrected chi connectivity index (χ4v) is 5.02. The largest absolute Gasteiger partial charge is 0.336 e. The summed E-state index contributed by atoms with van der Waals surface area (Å²) in [4.78, 5) is 46.0. The first-order valence-electron chi connectivity index (χ1n) is 12.2. The van der Waals surface area contributed by atoms with E-state index in [4.69, 9.17) is 0 Å². The molecule has 1 atom stereocenters. The van der Waals surface area contributed by atoms with Gasteiger partial charge < -0.3 is 9.80 Å². The highest BCUT2D eigenvalue weighted by Gasteiger charge is 2.54. The van der Waals surface area contributed by atoms with E-state index >= 15 is 0 Å². The van der Waals surface area contributed by atoms with Gasteiger partial charge in [-0.05, 0) is 59.8 Å². The number of rotatable bonds is 9. The number of likely N-dealkylation sites (tertiary alicyclic amines) is 1. The van der Waals surface area contributed by atoms with Crippen LogP contribution in [0.4, 0.5) is 0 Å². The monoisotopic (exact) mass is 481 g/mol. The molecule has 1 fully saturated rings. The molecule has 0 unspecified atom stereocenters. The Morgan fingerprint density at radius 3 is 2.34 bits per heavy atom. The van der Waals surface area contributed by atoms with Crippen molar-refractivity contribution in [2.45, 2.75) is 65.5 Å². The van der Waals surface area contributed by atoms with Crippen molar-refractivity contribution < 1.29 is 14.4 Å². The summed E-state index contributed by atoms with van der Waals surface area (Å²) in [7, 11) is 5.71. The molecule has 0 N–H and O–H groups in total. The summed E-state index contributed by atoms with van der Waals surface area (Å²) in [5, 5.41) is 4.49. The lowest BCUT2D eigenvalue weighted by molar-refractivity contribution is -0.143. The van der Waals surface area contributed by atoms with E-state index in [0.717, 1.165) is 28.1 Å². The number of aromatic nitrogens is 2. The second-order valence-corrected chi connectivity index (χ2v) is 10.3. The van der Waals surface area contributed by atoms with E-state index in [2.05, 4.69) is 5.10 Å². The highest BCUT2D eigenvalue weighted by atomic mass is 16.2. The zero-order valence-corrected chi connectivity index (χ0v) is 22.4. The number of likely N-dealkylation sites (N-methyl/N-ethyl adjacent to an activating group) is 1. The minimum atomic E-state index is -1.20. The maximum absolute atomic E-state index is 13.9. The molecule has 3 amide bonds. The molecule has 1 aliphatic rings. The lowest BCUT2D eigenvalue weighted by atomic mass is 9.73. The van der Waals surface area contributed by atoms with Crippen molar-refractivity contribution in [2.24, 2.45) is 7.05 Å². The number of amides is 3. The topological polar surface area (TPSA) is 78.8 Å². The summed E-state index contributed by atoms with van der Waals surface area (Å²) in [5.41, 5.74) is 3.39. The maximum Gasteiger partial charge on any atom is 0.240 e. The molecule has 1 saturated heterocycles. The van der Waals surface area contributed by atoms with Gasteiger partial charge in [0.2, 0.25) is 17.7 Å². The Bertz CT molecular complexity index is 1120. The van der Waals surface area contributed by atoms with Crippen molar-refractivity contribution in [2.75, 3.05) is 27.2 Å². The average molecular weight is 482 g/mol. The molecule has 1 aromatic heterocycles. The number of aryl methyl sites for hydroxylation is 3. The molecule has 0 radical (unpaired) electrons. The fraction of sp³-hybridized carbons (Fsp3) is 0.556. The number of benzene rings is 1. The summed E-state index contributed by atoms with van der Waals surface area (Å²) >= 11 is 0. The van der Waals surface area contributed by atoms with E-state index in [1.54, 1.807) is 4.90 Å². The molecule has 1 aliphatic heterocycles. The third-order valence-corrected chi connectivity index (χ3v) is 7.22. The molecule has 2 heterocycles. The molecule has 35 heavy (non-hydrogen) atoms. The highest BCUT2D eigenvalue weighted by molar-refractivity contribution is 6.11. The molecule has 8 nitrogen and oxygen atoms in total. The fourth-order valence-electron chi connectivity index (χ4n) is 5.02. The van der Waals surface area contributed by atoms with Crippen molar-refractivity contribution in [3.63, 3.8) is 0 Å². The van der Waals surface area contributed by atoms with Gasteiger partial charge in [-0.15, -0.1) is 0 Å². The van der Waals surface area contributed by atoms with Crippen LogP contribution in [-0.4, -0.2) is 75.4 Å². The summed E-state index contributed by atoms with van der Waals surface area (Å²) in [6.45, 7) is 11.1. The highest BCUT2D eigenvalue weighted by Crippen LogP contribution is 2.42. The minimum Gasteiger partial charge on any atom is -0.336 e. The van der Waals surface area contributed by atoms with Crippen LogP contribution in [0.15, 0.2) is 24.3 Å². The van der Waals surface area contributed by atoms with Crippen LogP contribution in [0.25, 0.3) is 0 Å². The smallest absolute Gasteiger partial charge is 0.240 e. The third-order valence-electron chi connectivity index (χ3n) is 7.22. The van der Waals surface area contributed by atoms with Crippen LogP contribution in [0.3, 0.4) is 0 Å². The number of carbonyl (C=O) groups excluding carboxylic acids is 3. The SMILES string of the molecule is Cc1ccccc1[C@@]1(CC(=O)N(Cc2c(C)nn(C)c2C)C(C)C)CC(=O)N(CCN(C)C)C1=O. The van der Waals surface area contributed by atoms with Gasteiger partial charge in [0.25, 0.3) is 0 Å². The van der Waals surface area contributed by atoms with Crippen LogP contribution >= 0.6 is 0 Å². The summed E-state index contributed by atoms with van der Waals surface area (Å²) in [6.07, 6.45) is -0.0375. The van der Waals surface area contributed by atoms with Crippen molar-refractivity contribution in [3.8, 4) is 0 Å². The van der Waals surface area contributed by atoms with E-state index in [9.17, 15) is 14.4 Å². The van der Waals surface area contributed by atoms with E-state index in [1.807, 2.05) is 89.6 Å². The van der Waals surface area contributed by atoms with Gasteiger partial charge in [0.05, 0.1) is 11.1 Å². The minimum absolute atomic E-state index is 0.00669. The van der Waals surface area contributed by atoms with Crippen molar-refractivity contribution in [3.05, 3.63) is 52.3 Å². The molecule has 0 saturated carbocycles. The Hall–Kier alpha value is -3.00. The molecule has 2 aromatic rings. The van der Waals surface area contributed by atoms with Crippen LogP contribution in [0.5, 0.6) is 0 Å².